The highest BCUT2D eigenvalue weighted by molar-refractivity contribution is 14.0. The summed E-state index contributed by atoms with van der Waals surface area (Å²) >= 11 is 0. The number of guanidine groups is 1. The Morgan fingerprint density at radius 3 is 2.58 bits per heavy atom. The fraction of sp³-hybridized carbons (Fsp3) is 0.667. The van der Waals surface area contributed by atoms with Gasteiger partial charge in [0.2, 0.25) is 0 Å². The van der Waals surface area contributed by atoms with Crippen molar-refractivity contribution in [2.24, 2.45) is 4.99 Å². The molecule has 0 spiro atoms. The van der Waals surface area contributed by atoms with E-state index in [1.54, 1.807) is 13.3 Å². The molecule has 1 aromatic rings. The van der Waals surface area contributed by atoms with Crippen molar-refractivity contribution in [3.8, 4) is 0 Å². The molecule has 24 heavy (non-hydrogen) atoms. The minimum atomic E-state index is -4.17. The lowest BCUT2D eigenvalue weighted by Gasteiger charge is -2.26. The first kappa shape index (κ1) is 21.1. The highest BCUT2D eigenvalue weighted by Crippen LogP contribution is 2.24. The molecule has 1 aromatic heterocycles. The van der Waals surface area contributed by atoms with E-state index in [2.05, 4.69) is 20.5 Å². The number of furan rings is 1. The Balaban J connectivity index is 0.00000288. The Morgan fingerprint density at radius 1 is 1.33 bits per heavy atom. The van der Waals surface area contributed by atoms with Gasteiger partial charge in [-0.05, 0) is 38.1 Å². The van der Waals surface area contributed by atoms with E-state index in [-0.39, 0.29) is 36.6 Å². The van der Waals surface area contributed by atoms with E-state index in [4.69, 9.17) is 4.42 Å². The average Bonchev–Trinajstić information content (AvgIpc) is 3.18. The molecule has 1 atom stereocenters. The molecule has 0 aromatic carbocycles. The third-order valence-corrected chi connectivity index (χ3v) is 3.84. The van der Waals surface area contributed by atoms with Gasteiger partial charge in [0.25, 0.3) is 0 Å². The van der Waals surface area contributed by atoms with Crippen LogP contribution in [0.15, 0.2) is 27.8 Å². The topological polar surface area (TPSA) is 52.8 Å². The van der Waals surface area contributed by atoms with Crippen molar-refractivity contribution in [3.63, 3.8) is 0 Å². The maximum absolute atomic E-state index is 12.2. The zero-order valence-electron chi connectivity index (χ0n) is 13.6. The highest BCUT2D eigenvalue weighted by atomic mass is 127. The summed E-state index contributed by atoms with van der Waals surface area (Å²) in [6.07, 6.45) is -1.13. The first-order chi connectivity index (χ1) is 11.0. The third kappa shape index (κ3) is 6.88. The fourth-order valence-corrected chi connectivity index (χ4v) is 2.68. The van der Waals surface area contributed by atoms with E-state index in [0.29, 0.717) is 12.5 Å². The van der Waals surface area contributed by atoms with Crippen molar-refractivity contribution in [3.05, 3.63) is 24.2 Å². The molecule has 2 N–H and O–H groups in total. The summed E-state index contributed by atoms with van der Waals surface area (Å²) in [5.74, 6) is 1.22. The number of hydrogen-bond donors (Lipinski definition) is 2. The lowest BCUT2D eigenvalue weighted by Crippen LogP contribution is -2.43. The molecule has 0 aliphatic carbocycles. The van der Waals surface area contributed by atoms with E-state index in [1.807, 2.05) is 12.1 Å². The first-order valence-corrected chi connectivity index (χ1v) is 7.78. The molecule has 1 unspecified atom stereocenters. The number of alkyl halides is 3. The lowest BCUT2D eigenvalue weighted by molar-refractivity contribution is -0.132. The van der Waals surface area contributed by atoms with Gasteiger partial charge < -0.3 is 15.1 Å². The molecule has 9 heteroatoms. The minimum absolute atomic E-state index is 0. The second-order valence-electron chi connectivity index (χ2n) is 5.52. The zero-order valence-corrected chi connectivity index (χ0v) is 15.9. The van der Waals surface area contributed by atoms with E-state index < -0.39 is 12.6 Å². The summed E-state index contributed by atoms with van der Waals surface area (Å²) in [6.45, 7) is 2.32. The molecule has 1 aliphatic rings. The maximum Gasteiger partial charge on any atom is 0.390 e. The van der Waals surface area contributed by atoms with Gasteiger partial charge in [0.05, 0.1) is 18.7 Å². The number of rotatable bonds is 6. The molecule has 2 rings (SSSR count). The number of nitrogens with zero attached hydrogens (tertiary/aromatic N) is 2. The number of nitrogens with one attached hydrogen (secondary N) is 2. The molecule has 1 aliphatic heterocycles. The van der Waals surface area contributed by atoms with E-state index in [9.17, 15) is 13.2 Å². The van der Waals surface area contributed by atoms with Gasteiger partial charge in [0, 0.05) is 20.1 Å². The summed E-state index contributed by atoms with van der Waals surface area (Å²) in [5, 5.41) is 5.78. The van der Waals surface area contributed by atoms with Crippen LogP contribution in [-0.4, -0.2) is 50.3 Å². The van der Waals surface area contributed by atoms with Crippen LogP contribution in [0.1, 0.15) is 31.1 Å². The van der Waals surface area contributed by atoms with Crippen LogP contribution in [0.5, 0.6) is 0 Å². The van der Waals surface area contributed by atoms with E-state index >= 15 is 0 Å². The first-order valence-electron chi connectivity index (χ1n) is 7.78. The van der Waals surface area contributed by atoms with E-state index in [0.717, 1.165) is 31.7 Å². The van der Waals surface area contributed by atoms with Crippen molar-refractivity contribution in [2.75, 3.05) is 33.2 Å². The molecule has 2 heterocycles. The Kier molecular flexibility index (Phi) is 8.88. The van der Waals surface area contributed by atoms with Crippen LogP contribution in [0.25, 0.3) is 0 Å². The largest absolute Gasteiger partial charge is 0.468 e. The summed E-state index contributed by atoms with van der Waals surface area (Å²) < 4.78 is 42.1. The van der Waals surface area contributed by atoms with Crippen molar-refractivity contribution >= 4 is 29.9 Å². The van der Waals surface area contributed by atoms with Crippen LogP contribution in [0.4, 0.5) is 13.2 Å². The normalized spacial score (nSPS) is 17.4. The van der Waals surface area contributed by atoms with Gasteiger partial charge in [-0.2, -0.15) is 13.2 Å². The van der Waals surface area contributed by atoms with Crippen LogP contribution in [-0.2, 0) is 0 Å². The standard InChI is InChI=1S/C15H23F3N4O.HI/c1-19-14(20-7-6-15(16,17)18)21-11-12(13-5-4-10-23-13)22-8-2-3-9-22;/h4-5,10,12H,2-3,6-9,11H2,1H3,(H2,19,20,21);1H. The van der Waals surface area contributed by atoms with Gasteiger partial charge in [0.15, 0.2) is 5.96 Å². The molecule has 1 saturated heterocycles. The van der Waals surface area contributed by atoms with Crippen molar-refractivity contribution < 1.29 is 17.6 Å². The third-order valence-electron chi connectivity index (χ3n) is 3.84. The van der Waals surface area contributed by atoms with Crippen molar-refractivity contribution in [1.82, 2.24) is 15.5 Å². The highest BCUT2D eigenvalue weighted by Gasteiger charge is 2.27. The van der Waals surface area contributed by atoms with Gasteiger partial charge >= 0.3 is 6.18 Å². The number of halogens is 4. The van der Waals surface area contributed by atoms with Crippen LogP contribution in [0.3, 0.4) is 0 Å². The predicted octanol–water partition coefficient (Wildman–Crippen LogP) is 3.15. The number of aliphatic imine (C=N–C) groups is 1. The quantitative estimate of drug-likeness (QED) is 0.389. The van der Waals surface area contributed by atoms with Gasteiger partial charge in [0.1, 0.15) is 5.76 Å². The zero-order chi connectivity index (χ0) is 16.7. The van der Waals surface area contributed by atoms with Gasteiger partial charge in [-0.3, -0.25) is 9.89 Å². The van der Waals surface area contributed by atoms with Crippen molar-refractivity contribution in [1.29, 1.82) is 0 Å². The maximum atomic E-state index is 12.2. The van der Waals surface area contributed by atoms with Crippen LogP contribution >= 0.6 is 24.0 Å². The lowest BCUT2D eigenvalue weighted by atomic mass is 10.2. The van der Waals surface area contributed by atoms with E-state index in [1.165, 1.54) is 0 Å². The summed E-state index contributed by atoms with van der Waals surface area (Å²) in [4.78, 5) is 6.28. The summed E-state index contributed by atoms with van der Waals surface area (Å²) in [5.41, 5.74) is 0. The van der Waals surface area contributed by atoms with Crippen LogP contribution in [0, 0.1) is 0 Å². The van der Waals surface area contributed by atoms with Crippen molar-refractivity contribution in [2.45, 2.75) is 31.5 Å². The summed E-state index contributed by atoms with van der Waals surface area (Å²) in [6, 6.07) is 3.81. The minimum Gasteiger partial charge on any atom is -0.468 e. The molecule has 0 saturated carbocycles. The fourth-order valence-electron chi connectivity index (χ4n) is 2.68. The second-order valence-corrected chi connectivity index (χ2v) is 5.52. The number of likely N-dealkylation sites (tertiary alicyclic amines) is 1. The Labute approximate surface area is 157 Å². The van der Waals surface area contributed by atoms with Gasteiger partial charge in [-0.1, -0.05) is 0 Å². The Morgan fingerprint density at radius 2 is 2.04 bits per heavy atom. The monoisotopic (exact) mass is 460 g/mol. The molecule has 0 amide bonds. The molecule has 1 fully saturated rings. The average molecular weight is 460 g/mol. The molecular weight excluding hydrogens is 436 g/mol. The molecular formula is C15H24F3IN4O. The molecule has 138 valence electrons. The van der Waals surface area contributed by atoms with Gasteiger partial charge in [-0.25, -0.2) is 0 Å². The van der Waals surface area contributed by atoms with Gasteiger partial charge in [-0.15, -0.1) is 24.0 Å². The van der Waals surface area contributed by atoms with Crippen LogP contribution < -0.4 is 10.6 Å². The molecule has 0 bridgehead atoms. The Bertz CT molecular complexity index is 487. The Hall–Kier alpha value is -0.970. The van der Waals surface area contributed by atoms with Crippen LogP contribution in [0.2, 0.25) is 0 Å². The smallest absolute Gasteiger partial charge is 0.390 e. The SMILES string of the molecule is CN=C(NCCC(F)(F)F)NCC(c1ccco1)N1CCCC1.I. The molecule has 0 radical (unpaired) electrons. The second kappa shape index (κ2) is 10.1. The molecule has 5 nitrogen and oxygen atoms in total. The number of hydrogen-bond acceptors (Lipinski definition) is 3. The summed E-state index contributed by atoms with van der Waals surface area (Å²) in [7, 11) is 1.54. The predicted molar refractivity (Wildman–Crippen MR) is 97.7 cm³/mol.